The summed E-state index contributed by atoms with van der Waals surface area (Å²) in [4.78, 5) is 0. The van der Waals surface area contributed by atoms with E-state index in [1.807, 2.05) is 0 Å². The van der Waals surface area contributed by atoms with Crippen LogP contribution in [0, 0.1) is 5.92 Å². The second-order valence-electron chi connectivity index (χ2n) is 4.49. The first-order valence-electron chi connectivity index (χ1n) is 5.85. The quantitative estimate of drug-likeness (QED) is 0.629. The minimum Gasteiger partial charge on any atom is -0.122 e. The highest BCUT2D eigenvalue weighted by molar-refractivity contribution is 6.21. The van der Waals surface area contributed by atoms with Crippen LogP contribution in [0.15, 0.2) is 30.3 Å². The van der Waals surface area contributed by atoms with Gasteiger partial charge in [0.15, 0.2) is 0 Å². The summed E-state index contributed by atoms with van der Waals surface area (Å²) in [5, 5.41) is 0.261. The average Bonchev–Trinajstić information content (AvgIpc) is 2.19. The molecule has 1 heteroatoms. The highest BCUT2D eigenvalue weighted by Crippen LogP contribution is 2.33. The van der Waals surface area contributed by atoms with Crippen LogP contribution in [0.1, 0.15) is 45.1 Å². The highest BCUT2D eigenvalue weighted by atomic mass is 35.5. The van der Waals surface area contributed by atoms with E-state index < -0.39 is 0 Å². The molecule has 84 valence electrons. The number of halogens is 1. The van der Waals surface area contributed by atoms with Gasteiger partial charge in [-0.05, 0) is 17.9 Å². The average molecular weight is 225 g/mol. The minimum absolute atomic E-state index is 0.261. The second kappa shape index (κ2) is 6.17. The molecule has 0 radical (unpaired) electrons. The van der Waals surface area contributed by atoms with Crippen LogP contribution < -0.4 is 0 Å². The van der Waals surface area contributed by atoms with Gasteiger partial charge in [-0.15, -0.1) is 11.6 Å². The summed E-state index contributed by atoms with van der Waals surface area (Å²) >= 11 is 6.48. The Balaban J connectivity index is 2.83. The predicted molar refractivity (Wildman–Crippen MR) is 68.6 cm³/mol. The van der Waals surface area contributed by atoms with Crippen molar-refractivity contribution in [3.63, 3.8) is 0 Å². The van der Waals surface area contributed by atoms with E-state index in [0.29, 0.717) is 11.8 Å². The van der Waals surface area contributed by atoms with Gasteiger partial charge in [0.05, 0.1) is 0 Å². The van der Waals surface area contributed by atoms with Crippen LogP contribution in [-0.2, 0) is 0 Å². The first-order chi connectivity index (χ1) is 7.16. The molecule has 0 amide bonds. The van der Waals surface area contributed by atoms with E-state index in [0.717, 1.165) is 12.8 Å². The van der Waals surface area contributed by atoms with E-state index in [2.05, 4.69) is 51.1 Å². The summed E-state index contributed by atoms with van der Waals surface area (Å²) in [5.41, 5.74) is 1.38. The van der Waals surface area contributed by atoms with Gasteiger partial charge in [-0.1, -0.05) is 57.5 Å². The maximum absolute atomic E-state index is 6.48. The lowest BCUT2D eigenvalue weighted by Gasteiger charge is -2.26. The van der Waals surface area contributed by atoms with Crippen molar-refractivity contribution in [3.8, 4) is 0 Å². The fraction of sp³-hybridized carbons (Fsp3) is 0.571. The lowest BCUT2D eigenvalue weighted by atomic mass is 9.84. The molecule has 0 nitrogen and oxygen atoms in total. The molecule has 0 saturated heterocycles. The maximum Gasteiger partial charge on any atom is 0.0407 e. The van der Waals surface area contributed by atoms with Crippen LogP contribution in [0.4, 0.5) is 0 Å². The molecule has 0 aliphatic carbocycles. The zero-order chi connectivity index (χ0) is 11.3. The molecule has 2 unspecified atom stereocenters. The largest absolute Gasteiger partial charge is 0.122 e. The second-order valence-corrected chi connectivity index (χ2v) is 5.05. The normalized spacial score (nSPS) is 15.3. The smallest absolute Gasteiger partial charge is 0.0407 e. The Bertz CT molecular complexity index is 266. The molecule has 0 fully saturated rings. The van der Waals surface area contributed by atoms with Crippen LogP contribution >= 0.6 is 11.6 Å². The van der Waals surface area contributed by atoms with Gasteiger partial charge < -0.3 is 0 Å². The van der Waals surface area contributed by atoms with Crippen molar-refractivity contribution in [1.82, 2.24) is 0 Å². The van der Waals surface area contributed by atoms with Crippen molar-refractivity contribution in [2.24, 2.45) is 5.92 Å². The van der Waals surface area contributed by atoms with Crippen LogP contribution in [0.2, 0.25) is 0 Å². The maximum atomic E-state index is 6.48. The van der Waals surface area contributed by atoms with Crippen LogP contribution in [-0.4, -0.2) is 5.38 Å². The van der Waals surface area contributed by atoms with Crippen LogP contribution in [0.3, 0.4) is 0 Å². The topological polar surface area (TPSA) is 0 Å². The molecule has 0 N–H and O–H groups in total. The summed E-state index contributed by atoms with van der Waals surface area (Å²) in [5.74, 6) is 1.08. The summed E-state index contributed by atoms with van der Waals surface area (Å²) in [7, 11) is 0. The van der Waals surface area contributed by atoms with Gasteiger partial charge in [0.1, 0.15) is 0 Å². The van der Waals surface area contributed by atoms with E-state index in [4.69, 9.17) is 11.6 Å². The summed E-state index contributed by atoms with van der Waals surface area (Å²) in [6, 6.07) is 10.6. The Kier molecular flexibility index (Phi) is 5.17. The molecule has 0 aromatic heterocycles. The minimum atomic E-state index is 0.261. The first-order valence-corrected chi connectivity index (χ1v) is 6.29. The molecular formula is C14H21Cl. The third kappa shape index (κ3) is 3.53. The summed E-state index contributed by atoms with van der Waals surface area (Å²) in [6.45, 7) is 6.70. The van der Waals surface area contributed by atoms with Crippen LogP contribution in [0.25, 0.3) is 0 Å². The van der Waals surface area contributed by atoms with E-state index in [1.165, 1.54) is 5.56 Å². The van der Waals surface area contributed by atoms with Crippen molar-refractivity contribution in [2.45, 2.75) is 44.9 Å². The van der Waals surface area contributed by atoms with Crippen molar-refractivity contribution in [2.75, 3.05) is 0 Å². The molecule has 1 rings (SSSR count). The van der Waals surface area contributed by atoms with Crippen LogP contribution in [0.5, 0.6) is 0 Å². The Hall–Kier alpha value is -0.490. The van der Waals surface area contributed by atoms with Crippen molar-refractivity contribution in [3.05, 3.63) is 35.9 Å². The molecule has 0 spiro atoms. The van der Waals surface area contributed by atoms with Gasteiger partial charge in [0, 0.05) is 11.3 Å². The van der Waals surface area contributed by atoms with E-state index in [-0.39, 0.29) is 5.38 Å². The Morgan fingerprint density at radius 2 is 1.73 bits per heavy atom. The fourth-order valence-corrected chi connectivity index (χ4v) is 2.80. The Morgan fingerprint density at radius 1 is 1.13 bits per heavy atom. The van der Waals surface area contributed by atoms with Gasteiger partial charge in [-0.3, -0.25) is 0 Å². The molecule has 0 bridgehead atoms. The van der Waals surface area contributed by atoms with Gasteiger partial charge >= 0.3 is 0 Å². The molecule has 15 heavy (non-hydrogen) atoms. The van der Waals surface area contributed by atoms with Crippen molar-refractivity contribution < 1.29 is 0 Å². The molecule has 2 atom stereocenters. The standard InChI is InChI=1S/C14H21Cl/c1-4-8-13(15)14(11(2)3)12-9-6-5-7-10-12/h5-7,9-11,13-14H,4,8H2,1-3H3. The van der Waals surface area contributed by atoms with Gasteiger partial charge in [0.25, 0.3) is 0 Å². The van der Waals surface area contributed by atoms with E-state index in [1.54, 1.807) is 0 Å². The van der Waals surface area contributed by atoms with Gasteiger partial charge in [0.2, 0.25) is 0 Å². The van der Waals surface area contributed by atoms with Crippen molar-refractivity contribution >= 4 is 11.6 Å². The van der Waals surface area contributed by atoms with Crippen molar-refractivity contribution in [1.29, 1.82) is 0 Å². The lowest BCUT2D eigenvalue weighted by Crippen LogP contribution is -2.18. The summed E-state index contributed by atoms with van der Waals surface area (Å²) in [6.07, 6.45) is 2.25. The number of hydrogen-bond donors (Lipinski definition) is 0. The highest BCUT2D eigenvalue weighted by Gasteiger charge is 2.23. The predicted octanol–water partition coefficient (Wildman–Crippen LogP) is 4.83. The Labute approximate surface area is 98.7 Å². The third-order valence-corrected chi connectivity index (χ3v) is 3.35. The first kappa shape index (κ1) is 12.6. The molecule has 0 heterocycles. The van der Waals surface area contributed by atoms with Gasteiger partial charge in [-0.2, -0.15) is 0 Å². The number of benzene rings is 1. The van der Waals surface area contributed by atoms with E-state index in [9.17, 15) is 0 Å². The SMILES string of the molecule is CCCC(Cl)C(c1ccccc1)C(C)C. The number of hydrogen-bond acceptors (Lipinski definition) is 0. The third-order valence-electron chi connectivity index (χ3n) is 2.86. The lowest BCUT2D eigenvalue weighted by molar-refractivity contribution is 0.459. The fourth-order valence-electron chi connectivity index (χ4n) is 2.14. The number of alkyl halides is 1. The zero-order valence-corrected chi connectivity index (χ0v) is 10.7. The molecule has 0 aliphatic heterocycles. The Morgan fingerprint density at radius 3 is 2.20 bits per heavy atom. The van der Waals surface area contributed by atoms with E-state index >= 15 is 0 Å². The monoisotopic (exact) mass is 224 g/mol. The number of rotatable bonds is 5. The summed E-state index contributed by atoms with van der Waals surface area (Å²) < 4.78 is 0. The molecule has 0 saturated carbocycles. The molecular weight excluding hydrogens is 204 g/mol. The zero-order valence-electron chi connectivity index (χ0n) is 9.91. The molecule has 1 aromatic carbocycles. The molecule has 1 aromatic rings. The molecule has 0 aliphatic rings. The van der Waals surface area contributed by atoms with Gasteiger partial charge in [-0.25, -0.2) is 0 Å².